The molecule has 0 unspecified atom stereocenters. The van der Waals surface area contributed by atoms with Crippen LogP contribution in [0.3, 0.4) is 0 Å². The highest BCUT2D eigenvalue weighted by Crippen LogP contribution is 2.17. The Labute approximate surface area is 101 Å². The number of carbonyl (C=O) groups is 1. The molecule has 1 heterocycles. The van der Waals surface area contributed by atoms with Gasteiger partial charge < -0.3 is 0 Å². The summed E-state index contributed by atoms with van der Waals surface area (Å²) in [4.78, 5) is 15.9. The van der Waals surface area contributed by atoms with Gasteiger partial charge in [0.2, 0.25) is 5.91 Å². The summed E-state index contributed by atoms with van der Waals surface area (Å²) in [6.07, 6.45) is 5.27. The highest BCUT2D eigenvalue weighted by atomic mass is 16.2. The Bertz CT molecular complexity index is 518. The quantitative estimate of drug-likeness (QED) is 0.792. The molecule has 0 saturated heterocycles. The lowest BCUT2D eigenvalue weighted by molar-refractivity contribution is 0.0913. The van der Waals surface area contributed by atoms with E-state index in [0.717, 1.165) is 5.56 Å². The fraction of sp³-hybridized carbons (Fsp3) is 0.286. The van der Waals surface area contributed by atoms with E-state index < -0.39 is 0 Å². The van der Waals surface area contributed by atoms with Gasteiger partial charge in [-0.15, -0.1) is 0 Å². The van der Waals surface area contributed by atoms with Crippen LogP contribution in [0.15, 0.2) is 30.9 Å². The summed E-state index contributed by atoms with van der Waals surface area (Å²) in [6, 6.07) is 4.23. The Balaban J connectivity index is 2.28. The van der Waals surface area contributed by atoms with Crippen molar-refractivity contribution in [2.75, 3.05) is 0 Å². The van der Waals surface area contributed by atoms with Gasteiger partial charge in [0.1, 0.15) is 6.33 Å². The van der Waals surface area contributed by atoms with Gasteiger partial charge in [0.25, 0.3) is 0 Å². The predicted molar refractivity (Wildman–Crippen MR) is 67.2 cm³/mol. The second kappa shape index (κ2) is 4.53. The third kappa shape index (κ3) is 2.44. The molecule has 3 nitrogen and oxygen atoms in total. The van der Waals surface area contributed by atoms with Crippen molar-refractivity contribution in [1.82, 2.24) is 9.55 Å². The molecule has 0 aliphatic heterocycles. The molecule has 0 aliphatic rings. The minimum absolute atomic E-state index is 0.0533. The molecule has 0 bridgehead atoms. The van der Waals surface area contributed by atoms with Crippen LogP contribution >= 0.6 is 0 Å². The Morgan fingerprint density at radius 1 is 1.24 bits per heavy atom. The number of hydrogen-bond donors (Lipinski definition) is 0. The van der Waals surface area contributed by atoms with Gasteiger partial charge in [-0.2, -0.15) is 0 Å². The van der Waals surface area contributed by atoms with Gasteiger partial charge >= 0.3 is 0 Å². The summed E-state index contributed by atoms with van der Waals surface area (Å²) in [6.45, 7) is 6.18. The zero-order chi connectivity index (χ0) is 12.4. The normalized spacial score (nSPS) is 10.5. The predicted octanol–water partition coefficient (Wildman–Crippen LogP) is 2.69. The van der Waals surface area contributed by atoms with Crippen LogP contribution in [-0.4, -0.2) is 15.5 Å². The molecule has 0 saturated carbocycles. The van der Waals surface area contributed by atoms with Crippen molar-refractivity contribution in [2.45, 2.75) is 27.2 Å². The van der Waals surface area contributed by atoms with E-state index in [1.54, 1.807) is 18.7 Å². The standard InChI is InChI=1S/C14H16N2O/c1-10-6-11(2)13(12(3)7-10)8-14(17)16-5-4-15-9-16/h4-7,9H,8H2,1-3H3. The summed E-state index contributed by atoms with van der Waals surface area (Å²) in [5.74, 6) is 0.0533. The fourth-order valence-electron chi connectivity index (χ4n) is 2.14. The van der Waals surface area contributed by atoms with Crippen molar-refractivity contribution in [3.05, 3.63) is 53.1 Å². The molecule has 0 fully saturated rings. The lowest BCUT2D eigenvalue weighted by Crippen LogP contribution is -2.13. The monoisotopic (exact) mass is 228 g/mol. The molecule has 88 valence electrons. The maximum absolute atomic E-state index is 12.0. The number of imidazole rings is 1. The number of carbonyl (C=O) groups excluding carboxylic acids is 1. The number of nitrogens with zero attached hydrogens (tertiary/aromatic N) is 2. The maximum atomic E-state index is 12.0. The van der Waals surface area contributed by atoms with Crippen LogP contribution in [0.4, 0.5) is 0 Å². The van der Waals surface area contributed by atoms with Crippen LogP contribution in [0.5, 0.6) is 0 Å². The Morgan fingerprint density at radius 2 is 1.88 bits per heavy atom. The van der Waals surface area contributed by atoms with Crippen molar-refractivity contribution in [2.24, 2.45) is 0 Å². The van der Waals surface area contributed by atoms with Crippen LogP contribution in [-0.2, 0) is 6.42 Å². The van der Waals surface area contributed by atoms with E-state index in [2.05, 4.69) is 37.9 Å². The summed E-state index contributed by atoms with van der Waals surface area (Å²) < 4.78 is 1.53. The zero-order valence-corrected chi connectivity index (χ0v) is 10.4. The van der Waals surface area contributed by atoms with Crippen molar-refractivity contribution < 1.29 is 4.79 Å². The molecule has 0 radical (unpaired) electrons. The Morgan fingerprint density at radius 3 is 2.41 bits per heavy atom. The first-order valence-electron chi connectivity index (χ1n) is 5.66. The minimum atomic E-state index is 0.0533. The lowest BCUT2D eigenvalue weighted by Gasteiger charge is -2.10. The summed E-state index contributed by atoms with van der Waals surface area (Å²) in [5, 5.41) is 0. The fourth-order valence-corrected chi connectivity index (χ4v) is 2.14. The average molecular weight is 228 g/mol. The van der Waals surface area contributed by atoms with Crippen LogP contribution in [0.2, 0.25) is 0 Å². The highest BCUT2D eigenvalue weighted by molar-refractivity contribution is 5.81. The molecular formula is C14H16N2O. The number of aromatic nitrogens is 2. The lowest BCUT2D eigenvalue weighted by atomic mass is 9.97. The van der Waals surface area contributed by atoms with Crippen molar-refractivity contribution in [3.8, 4) is 0 Å². The van der Waals surface area contributed by atoms with E-state index in [4.69, 9.17) is 0 Å². The minimum Gasteiger partial charge on any atom is -0.276 e. The molecule has 17 heavy (non-hydrogen) atoms. The molecule has 1 aromatic heterocycles. The number of hydrogen-bond acceptors (Lipinski definition) is 2. The van der Waals surface area contributed by atoms with Gasteiger partial charge in [-0.25, -0.2) is 4.98 Å². The van der Waals surface area contributed by atoms with Crippen molar-refractivity contribution >= 4 is 5.91 Å². The topological polar surface area (TPSA) is 34.9 Å². The zero-order valence-electron chi connectivity index (χ0n) is 10.4. The average Bonchev–Trinajstić information content (AvgIpc) is 2.76. The molecule has 0 aliphatic carbocycles. The van der Waals surface area contributed by atoms with Gasteiger partial charge in [0, 0.05) is 12.4 Å². The van der Waals surface area contributed by atoms with Gasteiger partial charge in [-0.05, 0) is 37.5 Å². The van der Waals surface area contributed by atoms with Gasteiger partial charge in [-0.1, -0.05) is 17.7 Å². The third-order valence-corrected chi connectivity index (χ3v) is 2.96. The SMILES string of the molecule is Cc1cc(C)c(CC(=O)n2ccnc2)c(C)c1. The molecule has 0 N–H and O–H groups in total. The molecule has 3 heteroatoms. The van der Waals surface area contributed by atoms with Gasteiger partial charge in [0.15, 0.2) is 0 Å². The van der Waals surface area contributed by atoms with Gasteiger partial charge in [0.05, 0.1) is 6.42 Å². The number of aryl methyl sites for hydroxylation is 3. The Hall–Kier alpha value is -1.90. The molecule has 0 spiro atoms. The van der Waals surface area contributed by atoms with E-state index in [1.165, 1.54) is 21.3 Å². The summed E-state index contributed by atoms with van der Waals surface area (Å²) in [5.41, 5.74) is 4.71. The molecule has 2 aromatic rings. The first-order valence-corrected chi connectivity index (χ1v) is 5.66. The van der Waals surface area contributed by atoms with Crippen molar-refractivity contribution in [3.63, 3.8) is 0 Å². The molecule has 0 amide bonds. The van der Waals surface area contributed by atoms with Crippen LogP contribution in [0, 0.1) is 20.8 Å². The van der Waals surface area contributed by atoms with Crippen molar-refractivity contribution in [1.29, 1.82) is 0 Å². The van der Waals surface area contributed by atoms with Crippen LogP contribution < -0.4 is 0 Å². The van der Waals surface area contributed by atoms with E-state index >= 15 is 0 Å². The maximum Gasteiger partial charge on any atom is 0.236 e. The molecule has 0 atom stereocenters. The molecular weight excluding hydrogens is 212 g/mol. The van der Waals surface area contributed by atoms with E-state index in [-0.39, 0.29) is 5.91 Å². The highest BCUT2D eigenvalue weighted by Gasteiger charge is 2.10. The first-order chi connectivity index (χ1) is 8.08. The van der Waals surface area contributed by atoms with Crippen LogP contribution in [0.1, 0.15) is 27.0 Å². The second-order valence-electron chi connectivity index (χ2n) is 4.42. The smallest absolute Gasteiger partial charge is 0.236 e. The summed E-state index contributed by atoms with van der Waals surface area (Å²) >= 11 is 0. The third-order valence-electron chi connectivity index (χ3n) is 2.96. The largest absolute Gasteiger partial charge is 0.276 e. The summed E-state index contributed by atoms with van der Waals surface area (Å²) in [7, 11) is 0. The van der Waals surface area contributed by atoms with Gasteiger partial charge in [-0.3, -0.25) is 9.36 Å². The number of rotatable bonds is 2. The van der Waals surface area contributed by atoms with E-state index in [9.17, 15) is 4.79 Å². The van der Waals surface area contributed by atoms with Crippen LogP contribution in [0.25, 0.3) is 0 Å². The van der Waals surface area contributed by atoms with E-state index in [1.807, 2.05) is 0 Å². The molecule has 2 rings (SSSR count). The first kappa shape index (κ1) is 11.6. The Kier molecular flexibility index (Phi) is 3.09. The van der Waals surface area contributed by atoms with E-state index in [0.29, 0.717) is 6.42 Å². The number of benzene rings is 1. The molecule has 1 aromatic carbocycles. The second-order valence-corrected chi connectivity index (χ2v) is 4.42.